The Morgan fingerprint density at radius 2 is 0.804 bits per heavy atom. The molecular formula is C100H176Br2MgN7NaO27. The summed E-state index contributed by atoms with van der Waals surface area (Å²) in [6, 6.07) is -1.78. The summed E-state index contributed by atoms with van der Waals surface area (Å²) in [5.74, 6) is -0.965. The summed E-state index contributed by atoms with van der Waals surface area (Å²) < 4.78 is 82.9. The van der Waals surface area contributed by atoms with Crippen molar-refractivity contribution in [2.75, 3.05) is 78.0 Å². The van der Waals surface area contributed by atoms with E-state index in [9.17, 15) is 48.6 Å². The molecule has 7 N–H and O–H groups in total. The molecule has 5 fully saturated rings. The molecule has 38 heteroatoms. The molecule has 0 aromatic carbocycles. The first kappa shape index (κ1) is 139. The molecule has 138 heavy (non-hydrogen) atoms. The van der Waals surface area contributed by atoms with Crippen LogP contribution in [0.4, 0.5) is 28.8 Å². The van der Waals surface area contributed by atoms with Crippen LogP contribution in [0.3, 0.4) is 0 Å². The largest absolute Gasteiger partial charge is 2.00 e. The van der Waals surface area contributed by atoms with Gasteiger partial charge in [-0.3, -0.25) is 29.3 Å². The van der Waals surface area contributed by atoms with E-state index < -0.39 is 105 Å². The zero-order valence-electron chi connectivity index (χ0n) is 90.0. The van der Waals surface area contributed by atoms with Crippen molar-refractivity contribution in [3.8, 4) is 0 Å². The number of alkyl halides is 1. The molecule has 790 valence electrons. The summed E-state index contributed by atoms with van der Waals surface area (Å²) in [6.07, 6.45) is 25.9. The Labute approximate surface area is 885 Å². The molecule has 5 unspecified atom stereocenters. The number of hydrogen-bond acceptors (Lipinski definition) is 27. The van der Waals surface area contributed by atoms with Gasteiger partial charge in [-0.15, -0.1) is 26.3 Å². The Morgan fingerprint density at radius 3 is 1.11 bits per heavy atom. The van der Waals surface area contributed by atoms with E-state index in [2.05, 4.69) is 73.2 Å². The maximum Gasteiger partial charge on any atom is 2.00 e. The van der Waals surface area contributed by atoms with E-state index in [4.69, 9.17) is 87.0 Å². The molecule has 0 bridgehead atoms. The molecule has 0 saturated carbocycles. The van der Waals surface area contributed by atoms with Gasteiger partial charge in [-0.05, 0) is 264 Å². The van der Waals surface area contributed by atoms with Crippen LogP contribution in [-0.4, -0.2) is 330 Å². The number of allylic oxidation sites excluding steroid dienone is 2. The van der Waals surface area contributed by atoms with E-state index in [0.29, 0.717) is 104 Å². The van der Waals surface area contributed by atoms with Gasteiger partial charge in [0, 0.05) is 18.4 Å². The minimum atomic E-state index is -0.965. The summed E-state index contributed by atoms with van der Waals surface area (Å²) in [5.41, 5.74) is -1.34. The van der Waals surface area contributed by atoms with Crippen LogP contribution in [0.2, 0.25) is 0 Å². The number of amides is 6. The van der Waals surface area contributed by atoms with Crippen molar-refractivity contribution >= 4 is 87.8 Å². The number of halogens is 2. The fourth-order valence-electron chi connectivity index (χ4n) is 14.4. The van der Waals surface area contributed by atoms with Crippen molar-refractivity contribution in [1.82, 2.24) is 29.8 Å². The summed E-state index contributed by atoms with van der Waals surface area (Å²) in [7, 11) is 0. The number of aldehydes is 1. The van der Waals surface area contributed by atoms with E-state index >= 15 is 0 Å². The number of aliphatic hydroxyl groups is 3. The maximum atomic E-state index is 12.6. The van der Waals surface area contributed by atoms with Gasteiger partial charge in [-0.1, -0.05) is 76.7 Å². The summed E-state index contributed by atoms with van der Waals surface area (Å²) in [4.78, 5) is 102. The molecule has 8 rings (SSSR count). The Balaban J connectivity index is -0.000000497. The Kier molecular flexibility index (Phi) is 66.5. The smallest absolute Gasteiger partial charge is 1.00 e. The molecule has 12 atom stereocenters. The number of ether oxygens (including phenoxy) is 15. The van der Waals surface area contributed by atoms with Crippen LogP contribution in [0.15, 0.2) is 99.7 Å². The van der Waals surface area contributed by atoms with Gasteiger partial charge < -0.3 is 126 Å². The number of nitrogens with one attached hydrogen (secondary N) is 1. The molecule has 6 amide bonds. The average molecular weight is 2120 g/mol. The SMILES string of the molecule is C=CCBr.C=CCC(O)C[C@H]1COC(C)(C)N1C(=O)OC(C)(C)C.C=CCOC(CC=C)C[C@H]1COC(C)(C)N1C(=O)OC(C)(C)C.C=C[CH2-].CC(C)(C)OC(=O)N1[C@@H](CC2CC=CCO2)COC1(C)C.CC(C)(C)OC(=O)N1[C@@H](CC=O)COC1(C)C.CC(C)(C)OC(=O)N1[C@@H](CCO)COC1(C)C.CC(C)(C)OC(=O)N[C@H](CO)CC1CC=CCO1.N[C@@H](CC1CC=CCO1)C(=O)O.[Br-].[H-].[Mg+2].[Na+]. The zero-order valence-corrected chi connectivity index (χ0v) is 95.6. The second-order valence-corrected chi connectivity index (χ2v) is 42.2. The van der Waals surface area contributed by atoms with E-state index in [1.165, 1.54) is 11.0 Å². The number of carbonyl (C=O) groups is 8. The second-order valence-electron chi connectivity index (χ2n) is 41.5. The summed E-state index contributed by atoms with van der Waals surface area (Å²) in [5, 5.41) is 40.2. The maximum absolute atomic E-state index is 12.6. The standard InChI is InChI=1S/C18H31NO4.C16H27NO4.C15H27NO4.C13H23NO4.C12H23NO4.C12H21NO4.C8H13NO3.C3H5Br.C3H5.BrH.Mg.Na.H/c1-8-10-15(21-11-9-2)12-14-13-22-18(6,7)19(14)16(20)23-17(3,4)5;1-15(2,3)21-14(18)17-12(11-20-16(17,4)5)10-13-8-6-7-9-19-13;1-7-8-12(17)9-11-10-19-15(5,6)16(11)13(18)20-14(2,3)4;1-13(2,3)18-12(16)14-10(9-15)8-11-6-4-5-7-17-11;2*1-11(2,3)17-10(15)13-9(6-7-14)8-16-12(13,4)5;9-7(8(10)11)5-6-3-1-2-4-12-6;1-2-3-4;1-3-2;;;;/h8-9,14-15H,1-2,10-13H2,3-7H3;6-7,12-13H,8-11H2,1-5H3;7,11-12,17H,1,8-10H2,2-6H3;4-5,10-11,15H,6-9H2,1-3H3,(H,14,16);9,14H,6-8H2,1-5H3;7,9H,6,8H2,1-5H3;1-2,6-7H,3-5,9H2,(H,10,11);2H,1,3H2;3H,1-2H2;1H;;;/q;;;;;;;;-1;;+2;+1;-1/p-1/t14-,15?;12-,13?;11-,12?;10-,11?;2*9-;6?,7-;;;;;;/m0000000....../s1. The van der Waals surface area contributed by atoms with Crippen LogP contribution in [0.5, 0.6) is 0 Å². The fraction of sp³-hybridized carbons (Fsp3) is 0.750. The van der Waals surface area contributed by atoms with Gasteiger partial charge in [-0.2, -0.15) is 0 Å². The predicted octanol–water partition coefficient (Wildman–Crippen LogP) is 11.4. The first-order valence-electron chi connectivity index (χ1n) is 46.6. The Bertz CT molecular complexity index is 3690. The number of carboxylic acids is 1. The van der Waals surface area contributed by atoms with Gasteiger partial charge in [0.1, 0.15) is 74.6 Å². The normalized spacial score (nSPS) is 22.5. The van der Waals surface area contributed by atoms with Crippen LogP contribution >= 0.6 is 15.9 Å². The average Bonchev–Trinajstić information content (AvgIpc) is 1.42. The topological polar surface area (TPSA) is 410 Å². The molecule has 0 aromatic rings. The molecule has 0 radical (unpaired) electrons. The van der Waals surface area contributed by atoms with Gasteiger partial charge in [0.05, 0.1) is 133 Å². The number of aliphatic carboxylic acids is 1. The number of nitrogens with zero attached hydrogens (tertiary/aromatic N) is 5. The third kappa shape index (κ3) is 57.4. The van der Waals surface area contributed by atoms with Crippen molar-refractivity contribution in [3.63, 3.8) is 0 Å². The number of nitrogens with two attached hydrogens (primary N) is 1. The van der Waals surface area contributed by atoms with Crippen LogP contribution in [0.25, 0.3) is 0 Å². The van der Waals surface area contributed by atoms with Crippen LogP contribution in [0, 0.1) is 6.92 Å². The van der Waals surface area contributed by atoms with Crippen LogP contribution in [0.1, 0.15) is 272 Å². The molecular weight excluding hydrogens is 1940 g/mol. The third-order valence-corrected chi connectivity index (χ3v) is 20.5. The van der Waals surface area contributed by atoms with Crippen molar-refractivity contribution < 1.29 is 178 Å². The number of alkyl carbamates (subject to hydrolysis) is 1. The Morgan fingerprint density at radius 1 is 0.493 bits per heavy atom. The van der Waals surface area contributed by atoms with Gasteiger partial charge in [0.25, 0.3) is 0 Å². The monoisotopic (exact) mass is 2110 g/mol. The van der Waals surface area contributed by atoms with Crippen molar-refractivity contribution in [2.24, 2.45) is 5.73 Å². The summed E-state index contributed by atoms with van der Waals surface area (Å²) >= 11 is 3.13. The first-order chi connectivity index (χ1) is 62.1. The molecule has 0 spiro atoms. The van der Waals surface area contributed by atoms with E-state index in [-0.39, 0.29) is 164 Å². The Hall–Kier alpha value is -5.24. The summed E-state index contributed by atoms with van der Waals surface area (Å²) in [6.45, 7) is 76.8. The van der Waals surface area contributed by atoms with Crippen LogP contribution < -0.4 is 57.6 Å². The number of carbonyl (C=O) groups excluding carboxylic acids is 7. The molecule has 8 aliphatic rings. The minimum Gasteiger partial charge on any atom is -1.00 e. The van der Waals surface area contributed by atoms with Gasteiger partial charge in [0.15, 0.2) is 0 Å². The zero-order chi connectivity index (χ0) is 104. The molecule has 8 aliphatic heterocycles. The molecule has 0 aliphatic carbocycles. The fourth-order valence-corrected chi connectivity index (χ4v) is 14.4. The van der Waals surface area contributed by atoms with Crippen LogP contribution in [-0.2, 0) is 80.6 Å². The minimum absolute atomic E-state index is 0. The van der Waals surface area contributed by atoms with Gasteiger partial charge in [0.2, 0.25) is 0 Å². The van der Waals surface area contributed by atoms with Crippen molar-refractivity contribution in [2.45, 2.75) is 406 Å². The van der Waals surface area contributed by atoms with E-state index in [1.54, 1.807) is 72.4 Å². The van der Waals surface area contributed by atoms with Crippen molar-refractivity contribution in [3.05, 3.63) is 107 Å². The van der Waals surface area contributed by atoms with E-state index in [0.717, 1.165) is 37.3 Å². The quantitative estimate of drug-likeness (QED) is 0.0123. The van der Waals surface area contributed by atoms with E-state index in [1.807, 2.05) is 190 Å². The van der Waals surface area contributed by atoms with Crippen molar-refractivity contribution in [1.29, 1.82) is 0 Å². The first-order valence-corrected chi connectivity index (χ1v) is 47.7. The molecule has 34 nitrogen and oxygen atoms in total. The molecule has 8 heterocycles. The number of aliphatic hydroxyl groups excluding tert-OH is 3. The predicted molar refractivity (Wildman–Crippen MR) is 533 cm³/mol. The molecule has 0 aromatic heterocycles. The van der Waals surface area contributed by atoms with Gasteiger partial charge >= 0.3 is 95.1 Å². The third-order valence-electron chi connectivity index (χ3n) is 20.0. The number of rotatable bonds is 25. The second kappa shape index (κ2) is 66.0. The number of carboxylic acid groups (broad SMARTS) is 1. The number of hydrogen-bond donors (Lipinski definition) is 6. The molecule has 5 saturated heterocycles. The van der Waals surface area contributed by atoms with Gasteiger partial charge in [-0.25, -0.2) is 48.3 Å².